The molecule has 0 saturated heterocycles. The molecule has 2 rings (SSSR count). The quantitative estimate of drug-likeness (QED) is 0.498. The van der Waals surface area contributed by atoms with Crippen molar-refractivity contribution in [2.45, 2.75) is 40.2 Å². The number of hydrogen-bond donors (Lipinski definition) is 2. The summed E-state index contributed by atoms with van der Waals surface area (Å²) >= 11 is 1.15. The lowest BCUT2D eigenvalue weighted by Crippen LogP contribution is -2.49. The van der Waals surface area contributed by atoms with Gasteiger partial charge in [-0.2, -0.15) is 0 Å². The second-order valence-electron chi connectivity index (χ2n) is 7.68. The number of benzene rings is 1. The first-order valence-corrected chi connectivity index (χ1v) is 9.92. The summed E-state index contributed by atoms with van der Waals surface area (Å²) < 4.78 is 18.7. The van der Waals surface area contributed by atoms with Crippen LogP contribution in [0.4, 0.5) is 4.39 Å². The normalized spacial score (nSPS) is 12.5. The third-order valence-corrected chi connectivity index (χ3v) is 5.42. The van der Waals surface area contributed by atoms with Crippen molar-refractivity contribution < 1.29 is 28.6 Å². The topological polar surface area (TPSA) is 92.7 Å². The van der Waals surface area contributed by atoms with Gasteiger partial charge in [0, 0.05) is 10.3 Å². The van der Waals surface area contributed by atoms with Crippen LogP contribution in [0.5, 0.6) is 5.75 Å². The number of carboxylic acids is 1. The number of carboxylic acid groups (broad SMARTS) is 1. The van der Waals surface area contributed by atoms with E-state index < -0.39 is 29.2 Å². The summed E-state index contributed by atoms with van der Waals surface area (Å²) in [5.41, 5.74) is -0.889. The summed E-state index contributed by atoms with van der Waals surface area (Å²) in [6.07, 6.45) is 0.306. The Morgan fingerprint density at radius 1 is 1.17 bits per heavy atom. The number of amides is 1. The molecule has 156 valence electrons. The maximum atomic E-state index is 13.6. The molecule has 8 heteroatoms. The molecule has 2 aromatic rings. The summed E-state index contributed by atoms with van der Waals surface area (Å²) in [5.74, 6) is -3.19. The largest absolute Gasteiger partial charge is 0.480 e. The number of ether oxygens (including phenoxy) is 1. The summed E-state index contributed by atoms with van der Waals surface area (Å²) in [7, 11) is 0. The Balaban J connectivity index is 2.06. The number of para-hydroxylation sites is 1. The molecule has 0 radical (unpaired) electrons. The SMILES string of the molecule is CC(C)[C@H](NC(=O)C(C)(C)Cc1ccc(C(=O)Oc2ccccc2F)s1)C(=O)O. The van der Waals surface area contributed by atoms with Crippen molar-refractivity contribution in [3.63, 3.8) is 0 Å². The molecule has 1 aromatic carbocycles. The molecule has 0 aliphatic carbocycles. The summed E-state index contributed by atoms with van der Waals surface area (Å²) in [4.78, 5) is 37.2. The minimum absolute atomic E-state index is 0.152. The Hall–Kier alpha value is -2.74. The number of rotatable bonds is 8. The van der Waals surface area contributed by atoms with E-state index in [9.17, 15) is 23.9 Å². The van der Waals surface area contributed by atoms with Gasteiger partial charge < -0.3 is 15.2 Å². The fourth-order valence-corrected chi connectivity index (χ4v) is 3.74. The highest BCUT2D eigenvalue weighted by molar-refractivity contribution is 7.13. The first-order chi connectivity index (χ1) is 13.5. The Morgan fingerprint density at radius 2 is 1.83 bits per heavy atom. The molecule has 2 N–H and O–H groups in total. The van der Waals surface area contributed by atoms with Crippen LogP contribution in [-0.2, 0) is 16.0 Å². The number of carbonyl (C=O) groups is 3. The number of esters is 1. The number of thiophene rings is 1. The predicted octanol–water partition coefficient (Wildman–Crippen LogP) is 3.90. The van der Waals surface area contributed by atoms with Gasteiger partial charge in [0.15, 0.2) is 11.6 Å². The molecule has 0 aliphatic rings. The van der Waals surface area contributed by atoms with Gasteiger partial charge in [0.05, 0.1) is 0 Å². The fraction of sp³-hybridized carbons (Fsp3) is 0.381. The third kappa shape index (κ3) is 5.87. The molecule has 1 atom stereocenters. The lowest BCUT2D eigenvalue weighted by atomic mass is 9.86. The molecule has 0 unspecified atom stereocenters. The van der Waals surface area contributed by atoms with Crippen LogP contribution in [0.25, 0.3) is 0 Å². The average Bonchev–Trinajstić information content (AvgIpc) is 3.08. The Bertz CT molecular complexity index is 906. The Labute approximate surface area is 172 Å². The number of nitrogens with one attached hydrogen (secondary N) is 1. The van der Waals surface area contributed by atoms with Crippen LogP contribution < -0.4 is 10.1 Å². The molecule has 0 bridgehead atoms. The zero-order chi connectivity index (χ0) is 21.8. The molecule has 0 fully saturated rings. The predicted molar refractivity (Wildman–Crippen MR) is 108 cm³/mol. The zero-order valence-corrected chi connectivity index (χ0v) is 17.5. The number of hydrogen-bond acceptors (Lipinski definition) is 5. The molecule has 1 aromatic heterocycles. The van der Waals surface area contributed by atoms with Crippen molar-refractivity contribution >= 4 is 29.2 Å². The van der Waals surface area contributed by atoms with Gasteiger partial charge >= 0.3 is 11.9 Å². The molecular formula is C21H24FNO5S. The van der Waals surface area contributed by atoms with Crippen LogP contribution in [0, 0.1) is 17.2 Å². The van der Waals surface area contributed by atoms with Gasteiger partial charge in [-0.15, -0.1) is 11.3 Å². The molecule has 0 aliphatic heterocycles. The molecule has 0 saturated carbocycles. The maximum Gasteiger partial charge on any atom is 0.353 e. The second kappa shape index (κ2) is 9.17. The van der Waals surface area contributed by atoms with Crippen molar-refractivity contribution in [1.29, 1.82) is 0 Å². The highest BCUT2D eigenvalue weighted by Gasteiger charge is 2.33. The van der Waals surface area contributed by atoms with E-state index in [-0.39, 0.29) is 22.5 Å². The van der Waals surface area contributed by atoms with E-state index in [0.29, 0.717) is 6.42 Å². The van der Waals surface area contributed by atoms with E-state index in [2.05, 4.69) is 5.32 Å². The van der Waals surface area contributed by atoms with E-state index >= 15 is 0 Å². The molecule has 6 nitrogen and oxygen atoms in total. The molecule has 0 spiro atoms. The van der Waals surface area contributed by atoms with E-state index in [4.69, 9.17) is 4.74 Å². The van der Waals surface area contributed by atoms with Crippen LogP contribution in [0.15, 0.2) is 36.4 Å². The smallest absolute Gasteiger partial charge is 0.353 e. The first-order valence-electron chi connectivity index (χ1n) is 9.10. The lowest BCUT2D eigenvalue weighted by Gasteiger charge is -2.27. The summed E-state index contributed by atoms with van der Waals surface area (Å²) in [6.45, 7) is 6.86. The first kappa shape index (κ1) is 22.5. The van der Waals surface area contributed by atoms with Crippen LogP contribution >= 0.6 is 11.3 Å². The highest BCUT2D eigenvalue weighted by atomic mass is 32.1. The molecule has 1 amide bonds. The van der Waals surface area contributed by atoms with Crippen molar-refractivity contribution in [2.24, 2.45) is 11.3 Å². The molecular weight excluding hydrogens is 397 g/mol. The minimum Gasteiger partial charge on any atom is -0.480 e. The Kier molecular flexibility index (Phi) is 7.13. The van der Waals surface area contributed by atoms with Crippen molar-refractivity contribution in [1.82, 2.24) is 5.32 Å². The monoisotopic (exact) mass is 421 g/mol. The van der Waals surface area contributed by atoms with E-state index in [1.807, 2.05) is 0 Å². The van der Waals surface area contributed by atoms with Gasteiger partial charge in [-0.3, -0.25) is 4.79 Å². The highest BCUT2D eigenvalue weighted by Crippen LogP contribution is 2.28. The third-order valence-electron chi connectivity index (χ3n) is 4.35. The van der Waals surface area contributed by atoms with Gasteiger partial charge in [-0.05, 0) is 36.6 Å². The second-order valence-corrected chi connectivity index (χ2v) is 8.85. The zero-order valence-electron chi connectivity index (χ0n) is 16.7. The van der Waals surface area contributed by atoms with E-state index in [0.717, 1.165) is 16.2 Å². The minimum atomic E-state index is -1.08. The van der Waals surface area contributed by atoms with Crippen molar-refractivity contribution in [3.05, 3.63) is 52.0 Å². The van der Waals surface area contributed by atoms with Crippen LogP contribution in [0.3, 0.4) is 0 Å². The van der Waals surface area contributed by atoms with Gasteiger partial charge in [-0.1, -0.05) is 39.8 Å². The van der Waals surface area contributed by atoms with Gasteiger partial charge in [0.25, 0.3) is 0 Å². The Morgan fingerprint density at radius 3 is 2.41 bits per heavy atom. The van der Waals surface area contributed by atoms with E-state index in [1.54, 1.807) is 45.9 Å². The summed E-state index contributed by atoms with van der Waals surface area (Å²) in [5, 5.41) is 11.8. The number of carbonyl (C=O) groups excluding carboxylic acids is 2. The lowest BCUT2D eigenvalue weighted by molar-refractivity contribution is -0.144. The van der Waals surface area contributed by atoms with Crippen LogP contribution in [-0.4, -0.2) is 29.0 Å². The van der Waals surface area contributed by atoms with Crippen molar-refractivity contribution in [3.8, 4) is 5.75 Å². The molecule has 1 heterocycles. The average molecular weight is 421 g/mol. The van der Waals surface area contributed by atoms with Gasteiger partial charge in [-0.25, -0.2) is 14.0 Å². The van der Waals surface area contributed by atoms with Crippen molar-refractivity contribution in [2.75, 3.05) is 0 Å². The fourth-order valence-electron chi connectivity index (χ4n) is 2.63. The van der Waals surface area contributed by atoms with Gasteiger partial charge in [0.1, 0.15) is 10.9 Å². The number of halogens is 1. The van der Waals surface area contributed by atoms with Crippen LogP contribution in [0.2, 0.25) is 0 Å². The summed E-state index contributed by atoms with van der Waals surface area (Å²) in [6, 6.07) is 7.91. The maximum absolute atomic E-state index is 13.6. The molecule has 29 heavy (non-hydrogen) atoms. The standard InChI is InChI=1S/C21H24FNO5S/c1-12(2)17(18(24)25)23-20(27)21(3,4)11-13-9-10-16(29-13)19(26)28-15-8-6-5-7-14(15)22/h5-10,12,17H,11H2,1-4H3,(H,23,27)(H,24,25)/t17-/m0/s1. The van der Waals surface area contributed by atoms with Gasteiger partial charge in [0.2, 0.25) is 5.91 Å². The van der Waals surface area contributed by atoms with Crippen LogP contribution in [0.1, 0.15) is 42.2 Å². The number of aliphatic carboxylic acids is 1. The van der Waals surface area contributed by atoms with E-state index in [1.165, 1.54) is 18.2 Å².